The Morgan fingerprint density at radius 2 is 1.59 bits per heavy atom. The van der Waals surface area contributed by atoms with E-state index in [0.29, 0.717) is 17.3 Å². The summed E-state index contributed by atoms with van der Waals surface area (Å²) in [5.74, 6) is 2.18. The van der Waals surface area contributed by atoms with E-state index in [4.69, 9.17) is 16.0 Å². The lowest BCUT2D eigenvalue weighted by atomic mass is 9.47. The summed E-state index contributed by atoms with van der Waals surface area (Å²) in [5, 5.41) is 0. The molecule has 0 amide bonds. The summed E-state index contributed by atoms with van der Waals surface area (Å²) in [5.41, 5.74) is 0.458. The van der Waals surface area contributed by atoms with E-state index >= 15 is 0 Å². The van der Waals surface area contributed by atoms with Gasteiger partial charge < -0.3 is 4.43 Å². The SMILES string of the molecule is CC1(C)C2CC1[C@]1(O[Si](C)(C)C)C(C2)C1(C)Cl. The molecule has 1 nitrogen and oxygen atoms in total. The zero-order valence-electron chi connectivity index (χ0n) is 11.9. The van der Waals surface area contributed by atoms with E-state index in [1.165, 1.54) is 12.8 Å². The number of alkyl halides is 1. The van der Waals surface area contributed by atoms with Crippen molar-refractivity contribution in [2.24, 2.45) is 23.2 Å². The van der Waals surface area contributed by atoms with Crippen LogP contribution in [0.15, 0.2) is 0 Å². The standard InChI is InChI=1S/C14H25ClOSi/c1-12(2)9-7-10(12)14(16-17(4,5)6)11(8-9)13(14,3)15/h9-11H,7-8H2,1-6H3/t9?,10?,11?,13?,14-/m0/s1. The molecule has 0 saturated heterocycles. The molecular weight excluding hydrogens is 248 g/mol. The molecule has 3 heteroatoms. The lowest BCUT2D eigenvalue weighted by molar-refractivity contribution is -0.145. The second-order valence-corrected chi connectivity index (χ2v) is 13.4. The average Bonchev–Trinajstić information content (AvgIpc) is 2.59. The monoisotopic (exact) mass is 272 g/mol. The molecular formula is C14H25ClOSi. The van der Waals surface area contributed by atoms with Gasteiger partial charge in [0, 0.05) is 5.92 Å². The first-order valence-corrected chi connectivity index (χ1v) is 10.7. The van der Waals surface area contributed by atoms with E-state index in [1.54, 1.807) is 0 Å². The van der Waals surface area contributed by atoms with Crippen molar-refractivity contribution in [2.75, 3.05) is 0 Å². The number of hydrogen-bond donors (Lipinski definition) is 0. The van der Waals surface area contributed by atoms with Crippen molar-refractivity contribution in [3.8, 4) is 0 Å². The highest BCUT2D eigenvalue weighted by Crippen LogP contribution is 2.80. The Balaban J connectivity index is 1.96. The van der Waals surface area contributed by atoms with Gasteiger partial charge in [-0.2, -0.15) is 0 Å². The Bertz CT molecular complexity index is 371. The molecule has 17 heavy (non-hydrogen) atoms. The quantitative estimate of drug-likeness (QED) is 0.539. The summed E-state index contributed by atoms with van der Waals surface area (Å²) in [4.78, 5) is -0.0968. The fourth-order valence-electron chi connectivity index (χ4n) is 4.82. The molecule has 0 aromatic rings. The maximum atomic E-state index is 6.82. The van der Waals surface area contributed by atoms with Crippen LogP contribution in [0.25, 0.3) is 0 Å². The minimum atomic E-state index is -1.53. The van der Waals surface area contributed by atoms with Crippen LogP contribution in [0.1, 0.15) is 33.6 Å². The van der Waals surface area contributed by atoms with Crippen molar-refractivity contribution >= 4 is 19.9 Å². The summed E-state index contributed by atoms with van der Waals surface area (Å²) in [7, 11) is -1.53. The molecule has 4 unspecified atom stereocenters. The number of hydrogen-bond acceptors (Lipinski definition) is 1. The van der Waals surface area contributed by atoms with Gasteiger partial charge in [0.1, 0.15) is 0 Å². The van der Waals surface area contributed by atoms with Crippen LogP contribution < -0.4 is 0 Å². The third-order valence-electron chi connectivity index (χ3n) is 5.84. The predicted molar refractivity (Wildman–Crippen MR) is 74.9 cm³/mol. The van der Waals surface area contributed by atoms with Crippen LogP contribution in [-0.4, -0.2) is 18.8 Å². The van der Waals surface area contributed by atoms with Crippen molar-refractivity contribution in [2.45, 2.75) is 63.7 Å². The third kappa shape index (κ3) is 1.30. The fourth-order valence-corrected chi connectivity index (χ4v) is 6.90. The van der Waals surface area contributed by atoms with Crippen LogP contribution in [0, 0.1) is 23.2 Å². The molecule has 4 aliphatic carbocycles. The van der Waals surface area contributed by atoms with E-state index < -0.39 is 8.32 Å². The summed E-state index contributed by atoms with van der Waals surface area (Å²) in [6.45, 7) is 13.9. The molecule has 0 heterocycles. The summed E-state index contributed by atoms with van der Waals surface area (Å²) in [6.07, 6.45) is 2.63. The van der Waals surface area contributed by atoms with Crippen LogP contribution in [0.5, 0.6) is 0 Å². The Morgan fingerprint density at radius 3 is 2.06 bits per heavy atom. The first-order chi connectivity index (χ1) is 7.53. The molecule has 0 spiro atoms. The fraction of sp³-hybridized carbons (Fsp3) is 1.00. The van der Waals surface area contributed by atoms with Crippen LogP contribution >= 0.6 is 11.6 Å². The summed E-state index contributed by atoms with van der Waals surface area (Å²) >= 11 is 6.82. The molecule has 5 atom stereocenters. The highest BCUT2D eigenvalue weighted by molar-refractivity contribution is 6.70. The molecule has 4 rings (SSSR count). The van der Waals surface area contributed by atoms with Gasteiger partial charge in [0.05, 0.1) is 10.5 Å². The van der Waals surface area contributed by atoms with Crippen molar-refractivity contribution in [3.05, 3.63) is 0 Å². The van der Waals surface area contributed by atoms with Crippen LogP contribution in [0.3, 0.4) is 0 Å². The van der Waals surface area contributed by atoms with Crippen molar-refractivity contribution in [3.63, 3.8) is 0 Å². The van der Waals surface area contributed by atoms with E-state index in [1.807, 2.05) is 0 Å². The minimum absolute atomic E-state index is 0.0112. The Kier molecular flexibility index (Phi) is 2.18. The molecule has 0 aromatic carbocycles. The molecule has 98 valence electrons. The maximum Gasteiger partial charge on any atom is 0.184 e. The molecule has 0 radical (unpaired) electrons. The zero-order valence-corrected chi connectivity index (χ0v) is 13.7. The highest BCUT2D eigenvalue weighted by atomic mass is 35.5. The Morgan fingerprint density at radius 1 is 1.06 bits per heavy atom. The lowest BCUT2D eigenvalue weighted by Crippen LogP contribution is -2.59. The van der Waals surface area contributed by atoms with Crippen molar-refractivity contribution in [1.29, 1.82) is 0 Å². The summed E-state index contributed by atoms with van der Waals surface area (Å²) in [6, 6.07) is 0. The smallest absolute Gasteiger partial charge is 0.184 e. The Hall–Kier alpha value is 0.467. The summed E-state index contributed by atoms with van der Waals surface area (Å²) < 4.78 is 6.65. The minimum Gasteiger partial charge on any atom is -0.410 e. The highest BCUT2D eigenvalue weighted by Gasteiger charge is 2.85. The molecule has 2 bridgehead atoms. The van der Waals surface area contributed by atoms with Crippen LogP contribution in [0.4, 0.5) is 0 Å². The van der Waals surface area contributed by atoms with Crippen molar-refractivity contribution < 1.29 is 4.43 Å². The Labute approximate surface area is 111 Å². The molecule has 4 fully saturated rings. The van der Waals surface area contributed by atoms with Gasteiger partial charge in [-0.15, -0.1) is 11.6 Å². The van der Waals surface area contributed by atoms with Gasteiger partial charge >= 0.3 is 0 Å². The normalized spacial score (nSPS) is 54.9. The number of rotatable bonds is 2. The van der Waals surface area contributed by atoms with E-state index in [0.717, 1.165) is 5.92 Å². The zero-order chi connectivity index (χ0) is 12.9. The average molecular weight is 273 g/mol. The molecule has 0 aromatic heterocycles. The van der Waals surface area contributed by atoms with E-state index in [9.17, 15) is 0 Å². The first kappa shape index (κ1) is 12.5. The molecule has 4 saturated carbocycles. The van der Waals surface area contributed by atoms with Crippen LogP contribution in [0.2, 0.25) is 19.6 Å². The van der Waals surface area contributed by atoms with Gasteiger partial charge in [0.2, 0.25) is 0 Å². The maximum absolute atomic E-state index is 6.82. The second-order valence-electron chi connectivity index (χ2n) is 8.18. The van der Waals surface area contributed by atoms with Gasteiger partial charge in [0.25, 0.3) is 0 Å². The van der Waals surface area contributed by atoms with Crippen LogP contribution in [-0.2, 0) is 4.43 Å². The first-order valence-electron chi connectivity index (χ1n) is 6.92. The molecule has 0 aliphatic heterocycles. The largest absolute Gasteiger partial charge is 0.410 e. The van der Waals surface area contributed by atoms with Gasteiger partial charge in [0.15, 0.2) is 8.32 Å². The van der Waals surface area contributed by atoms with Gasteiger partial charge in [-0.05, 0) is 56.7 Å². The second kappa shape index (κ2) is 2.96. The third-order valence-corrected chi connectivity index (χ3v) is 7.35. The molecule has 0 N–H and O–H groups in total. The van der Waals surface area contributed by atoms with Gasteiger partial charge in [-0.25, -0.2) is 0 Å². The predicted octanol–water partition coefficient (Wildman–Crippen LogP) is 4.27. The van der Waals surface area contributed by atoms with Crippen molar-refractivity contribution in [1.82, 2.24) is 0 Å². The van der Waals surface area contributed by atoms with Gasteiger partial charge in [-0.1, -0.05) is 13.8 Å². The topological polar surface area (TPSA) is 9.23 Å². The van der Waals surface area contributed by atoms with Gasteiger partial charge in [-0.3, -0.25) is 0 Å². The molecule has 4 aliphatic rings. The van der Waals surface area contributed by atoms with E-state index in [2.05, 4.69) is 40.4 Å². The lowest BCUT2D eigenvalue weighted by Gasteiger charge is -2.60. The van der Waals surface area contributed by atoms with E-state index in [-0.39, 0.29) is 10.5 Å². The number of halogens is 1.